The van der Waals surface area contributed by atoms with E-state index in [-0.39, 0.29) is 13.1 Å². The maximum Gasteiger partial charge on any atom is 0.421 e. The standard InChI is InChI=1S/C17H25F2N3O4S/c1-2-26-15-6-4-14(5-7-15)21-9-3-10-22(12-11-21)16(23)17(18,19)27(24,25)13-8-20/h4-7H,2-3,8-13,20H2,1H3. The van der Waals surface area contributed by atoms with Crippen LogP contribution in [0.3, 0.4) is 0 Å². The zero-order valence-corrected chi connectivity index (χ0v) is 16.1. The number of anilines is 1. The van der Waals surface area contributed by atoms with Crippen molar-refractivity contribution in [2.75, 3.05) is 50.0 Å². The second-order valence-electron chi connectivity index (χ2n) is 6.18. The molecule has 1 saturated heterocycles. The molecule has 0 spiro atoms. The highest BCUT2D eigenvalue weighted by atomic mass is 32.2. The summed E-state index contributed by atoms with van der Waals surface area (Å²) < 4.78 is 57.1. The third kappa shape index (κ3) is 4.86. The number of sulfone groups is 1. The van der Waals surface area contributed by atoms with Crippen LogP contribution in [0.15, 0.2) is 24.3 Å². The van der Waals surface area contributed by atoms with Crippen LogP contribution in [0.4, 0.5) is 14.5 Å². The van der Waals surface area contributed by atoms with Crippen molar-refractivity contribution in [3.05, 3.63) is 24.3 Å². The van der Waals surface area contributed by atoms with Gasteiger partial charge in [-0.2, -0.15) is 8.78 Å². The van der Waals surface area contributed by atoms with Crippen molar-refractivity contribution in [1.82, 2.24) is 4.90 Å². The van der Waals surface area contributed by atoms with Gasteiger partial charge in [-0.25, -0.2) is 8.42 Å². The number of hydrogen-bond donors (Lipinski definition) is 1. The van der Waals surface area contributed by atoms with E-state index in [1.807, 2.05) is 36.1 Å². The van der Waals surface area contributed by atoms with Gasteiger partial charge in [-0.3, -0.25) is 4.79 Å². The molecule has 0 unspecified atom stereocenters. The van der Waals surface area contributed by atoms with Crippen LogP contribution in [0, 0.1) is 0 Å². The van der Waals surface area contributed by atoms with E-state index in [1.165, 1.54) is 0 Å². The van der Waals surface area contributed by atoms with Crippen LogP contribution in [-0.2, 0) is 14.6 Å². The Morgan fingerprint density at radius 1 is 1.19 bits per heavy atom. The van der Waals surface area contributed by atoms with E-state index in [0.717, 1.165) is 16.3 Å². The number of nitrogens with two attached hydrogens (primary N) is 1. The molecular formula is C17H25F2N3O4S. The lowest BCUT2D eigenvalue weighted by molar-refractivity contribution is -0.146. The van der Waals surface area contributed by atoms with Crippen molar-refractivity contribution >= 4 is 21.4 Å². The zero-order valence-electron chi connectivity index (χ0n) is 15.2. The fourth-order valence-corrected chi connectivity index (χ4v) is 3.86. The number of amides is 1. The summed E-state index contributed by atoms with van der Waals surface area (Å²) in [6, 6.07) is 7.37. The second-order valence-corrected chi connectivity index (χ2v) is 8.33. The molecule has 1 aromatic carbocycles. The van der Waals surface area contributed by atoms with Gasteiger partial charge in [0.05, 0.1) is 12.4 Å². The molecule has 1 aliphatic rings. The molecule has 0 saturated carbocycles. The van der Waals surface area contributed by atoms with Crippen LogP contribution < -0.4 is 15.4 Å². The summed E-state index contributed by atoms with van der Waals surface area (Å²) in [4.78, 5) is 15.1. The normalized spacial score (nSPS) is 16.1. The number of nitrogens with zero attached hydrogens (tertiary/aromatic N) is 2. The van der Waals surface area contributed by atoms with Crippen LogP contribution in [0.5, 0.6) is 5.75 Å². The summed E-state index contributed by atoms with van der Waals surface area (Å²) in [5.74, 6) is -1.88. The fourth-order valence-electron chi connectivity index (χ4n) is 2.90. The fraction of sp³-hybridized carbons (Fsp3) is 0.588. The molecule has 0 aromatic heterocycles. The summed E-state index contributed by atoms with van der Waals surface area (Å²) in [5, 5.41) is -4.46. The molecule has 0 bridgehead atoms. The molecular weight excluding hydrogens is 380 g/mol. The molecule has 0 aliphatic carbocycles. The Kier molecular flexibility index (Phi) is 6.99. The number of carbonyl (C=O) groups excluding carboxylic acids is 1. The minimum atomic E-state index is -4.92. The van der Waals surface area contributed by atoms with E-state index < -0.39 is 33.3 Å². The van der Waals surface area contributed by atoms with Gasteiger partial charge in [-0.05, 0) is 37.6 Å². The molecule has 27 heavy (non-hydrogen) atoms. The Labute approximate surface area is 158 Å². The third-order valence-corrected chi connectivity index (χ3v) is 6.05. The van der Waals surface area contributed by atoms with Crippen molar-refractivity contribution < 1.29 is 26.7 Å². The van der Waals surface area contributed by atoms with E-state index in [2.05, 4.69) is 0 Å². The van der Waals surface area contributed by atoms with Crippen molar-refractivity contribution in [3.63, 3.8) is 0 Å². The Bertz CT molecular complexity index is 741. The lowest BCUT2D eigenvalue weighted by Gasteiger charge is -2.26. The molecule has 152 valence electrons. The SMILES string of the molecule is CCOc1ccc(N2CCCN(C(=O)C(F)(F)S(=O)(=O)CCN)CC2)cc1. The van der Waals surface area contributed by atoms with Gasteiger partial charge in [0.1, 0.15) is 5.75 Å². The lowest BCUT2D eigenvalue weighted by atomic mass is 10.2. The van der Waals surface area contributed by atoms with Crippen molar-refractivity contribution in [2.45, 2.75) is 18.6 Å². The number of carbonyl (C=O) groups is 1. The van der Waals surface area contributed by atoms with E-state index in [0.29, 0.717) is 26.1 Å². The smallest absolute Gasteiger partial charge is 0.421 e. The summed E-state index contributed by atoms with van der Waals surface area (Å²) >= 11 is 0. The lowest BCUT2D eigenvalue weighted by Crippen LogP contribution is -2.50. The molecule has 0 atom stereocenters. The highest BCUT2D eigenvalue weighted by Crippen LogP contribution is 2.27. The molecule has 1 aliphatic heterocycles. The summed E-state index contributed by atoms with van der Waals surface area (Å²) in [5.41, 5.74) is 5.96. The second kappa shape index (κ2) is 8.83. The molecule has 10 heteroatoms. The predicted octanol–water partition coefficient (Wildman–Crippen LogP) is 1.09. The van der Waals surface area contributed by atoms with Gasteiger partial charge in [-0.15, -0.1) is 0 Å². The van der Waals surface area contributed by atoms with E-state index >= 15 is 0 Å². The molecule has 2 N–H and O–H groups in total. The summed E-state index contributed by atoms with van der Waals surface area (Å²) in [6.07, 6.45) is 0.450. The van der Waals surface area contributed by atoms with E-state index in [1.54, 1.807) is 0 Å². The van der Waals surface area contributed by atoms with Crippen LogP contribution >= 0.6 is 0 Å². The third-order valence-electron chi connectivity index (χ3n) is 4.32. The molecule has 1 heterocycles. The molecule has 1 aromatic rings. The predicted molar refractivity (Wildman–Crippen MR) is 98.8 cm³/mol. The van der Waals surface area contributed by atoms with E-state index in [9.17, 15) is 22.0 Å². The molecule has 1 fully saturated rings. The molecule has 7 nitrogen and oxygen atoms in total. The van der Waals surface area contributed by atoms with Crippen LogP contribution in [0.1, 0.15) is 13.3 Å². The van der Waals surface area contributed by atoms with Crippen LogP contribution in [0.25, 0.3) is 0 Å². The highest BCUT2D eigenvalue weighted by Gasteiger charge is 2.53. The topological polar surface area (TPSA) is 92.9 Å². The molecule has 0 radical (unpaired) electrons. The maximum atomic E-state index is 14.2. The van der Waals surface area contributed by atoms with E-state index in [4.69, 9.17) is 10.5 Å². The first-order valence-electron chi connectivity index (χ1n) is 8.80. The van der Waals surface area contributed by atoms with Crippen LogP contribution in [0.2, 0.25) is 0 Å². The maximum absolute atomic E-state index is 14.2. The average molecular weight is 405 g/mol. The first-order valence-corrected chi connectivity index (χ1v) is 10.5. The Morgan fingerprint density at radius 2 is 1.85 bits per heavy atom. The number of benzene rings is 1. The number of alkyl halides is 2. The summed E-state index contributed by atoms with van der Waals surface area (Å²) in [6.45, 7) is 2.96. The number of rotatable bonds is 7. The van der Waals surface area contributed by atoms with Gasteiger partial charge in [0.25, 0.3) is 0 Å². The number of hydrogen-bond acceptors (Lipinski definition) is 6. The van der Waals surface area contributed by atoms with Gasteiger partial charge in [0.15, 0.2) is 0 Å². The average Bonchev–Trinajstić information content (AvgIpc) is 2.88. The first-order chi connectivity index (χ1) is 12.7. The van der Waals surface area contributed by atoms with Crippen LogP contribution in [-0.4, -0.2) is 69.6 Å². The van der Waals surface area contributed by atoms with Gasteiger partial charge < -0.3 is 20.3 Å². The summed E-state index contributed by atoms with van der Waals surface area (Å²) in [7, 11) is -4.92. The minimum Gasteiger partial charge on any atom is -0.494 e. The van der Waals surface area contributed by atoms with Gasteiger partial charge in [-0.1, -0.05) is 0 Å². The number of halogens is 2. The largest absolute Gasteiger partial charge is 0.494 e. The molecule has 2 rings (SSSR count). The molecule has 1 amide bonds. The Morgan fingerprint density at radius 3 is 2.44 bits per heavy atom. The van der Waals surface area contributed by atoms with Crippen molar-refractivity contribution in [2.24, 2.45) is 5.73 Å². The quantitative estimate of drug-likeness (QED) is 0.730. The minimum absolute atomic E-state index is 0.0137. The zero-order chi connectivity index (χ0) is 20.1. The monoisotopic (exact) mass is 405 g/mol. The number of ether oxygens (including phenoxy) is 1. The first kappa shape index (κ1) is 21.4. The van der Waals surface area contributed by atoms with Crippen molar-refractivity contribution in [1.29, 1.82) is 0 Å². The highest BCUT2D eigenvalue weighted by molar-refractivity contribution is 7.93. The Hall–Kier alpha value is -1.94. The van der Waals surface area contributed by atoms with Gasteiger partial charge in [0.2, 0.25) is 9.84 Å². The van der Waals surface area contributed by atoms with Gasteiger partial charge in [0, 0.05) is 38.4 Å². The van der Waals surface area contributed by atoms with Crippen molar-refractivity contribution in [3.8, 4) is 5.75 Å². The van der Waals surface area contributed by atoms with Gasteiger partial charge >= 0.3 is 11.2 Å². The Balaban J connectivity index is 2.06.